The number of aliphatic hydroxyl groups is 1. The summed E-state index contributed by atoms with van der Waals surface area (Å²) in [4.78, 5) is 15.0. The molecular formula is C16H20N6OS. The molecule has 0 aliphatic carbocycles. The molecule has 0 spiro atoms. The Morgan fingerprint density at radius 1 is 1.21 bits per heavy atom. The van der Waals surface area contributed by atoms with Crippen molar-refractivity contribution in [3.8, 4) is 0 Å². The van der Waals surface area contributed by atoms with Crippen molar-refractivity contribution in [1.29, 1.82) is 0 Å². The first-order valence-corrected chi connectivity index (χ1v) is 8.25. The largest absolute Gasteiger partial charge is 0.394 e. The Morgan fingerprint density at radius 3 is 2.71 bits per heavy atom. The summed E-state index contributed by atoms with van der Waals surface area (Å²) in [5, 5.41) is 15.8. The molecular weight excluding hydrogens is 324 g/mol. The molecule has 0 bridgehead atoms. The molecule has 1 aromatic carbocycles. The van der Waals surface area contributed by atoms with Crippen LogP contribution in [0.4, 0.5) is 11.8 Å². The third kappa shape index (κ3) is 3.72. The summed E-state index contributed by atoms with van der Waals surface area (Å²) in [6.45, 7) is 2.65. The van der Waals surface area contributed by atoms with Crippen molar-refractivity contribution in [2.75, 3.05) is 17.2 Å². The molecule has 0 radical (unpaired) electrons. The van der Waals surface area contributed by atoms with Crippen LogP contribution in [0.2, 0.25) is 0 Å². The third-order valence-electron chi connectivity index (χ3n) is 3.73. The summed E-state index contributed by atoms with van der Waals surface area (Å²) in [6.07, 6.45) is 0.772. The molecule has 7 nitrogen and oxygen atoms in total. The molecule has 0 amide bonds. The second-order valence-corrected chi connectivity index (χ2v) is 5.88. The van der Waals surface area contributed by atoms with E-state index in [0.717, 1.165) is 17.5 Å². The fraction of sp³-hybridized carbons (Fsp3) is 0.312. The molecule has 0 saturated heterocycles. The van der Waals surface area contributed by atoms with Gasteiger partial charge in [0.25, 0.3) is 0 Å². The quantitative estimate of drug-likeness (QED) is 0.423. The molecule has 8 heteroatoms. The normalized spacial score (nSPS) is 12.2. The fourth-order valence-corrected chi connectivity index (χ4v) is 2.55. The Balaban J connectivity index is 1.90. The number of nitrogens with zero attached hydrogens (tertiary/aromatic N) is 2. The lowest BCUT2D eigenvalue weighted by Gasteiger charge is -2.15. The van der Waals surface area contributed by atoms with Gasteiger partial charge in [0.2, 0.25) is 5.95 Å². The van der Waals surface area contributed by atoms with E-state index >= 15 is 0 Å². The van der Waals surface area contributed by atoms with E-state index in [0.29, 0.717) is 28.7 Å². The van der Waals surface area contributed by atoms with Crippen LogP contribution in [0.5, 0.6) is 0 Å². The van der Waals surface area contributed by atoms with Crippen LogP contribution in [0, 0.1) is 4.77 Å². The minimum absolute atomic E-state index is 0.0216. The van der Waals surface area contributed by atoms with Crippen molar-refractivity contribution in [3.63, 3.8) is 0 Å². The number of hydrogen-bond acceptors (Lipinski definition) is 6. The lowest BCUT2D eigenvalue weighted by atomic mass is 10.2. The molecule has 1 unspecified atom stereocenters. The van der Waals surface area contributed by atoms with E-state index < -0.39 is 0 Å². The lowest BCUT2D eigenvalue weighted by Crippen LogP contribution is -2.24. The Labute approximate surface area is 144 Å². The second kappa shape index (κ2) is 7.41. The average Bonchev–Trinajstić information content (AvgIpc) is 2.98. The van der Waals surface area contributed by atoms with Gasteiger partial charge in [-0.15, -0.1) is 0 Å². The van der Waals surface area contributed by atoms with E-state index in [2.05, 4.69) is 30.6 Å². The van der Waals surface area contributed by atoms with Gasteiger partial charge >= 0.3 is 0 Å². The molecule has 0 aliphatic rings. The molecule has 5 N–H and O–H groups in total. The van der Waals surface area contributed by atoms with Gasteiger partial charge in [0.15, 0.2) is 16.2 Å². The predicted octanol–water partition coefficient (Wildman–Crippen LogP) is 2.81. The van der Waals surface area contributed by atoms with Crippen LogP contribution >= 0.6 is 12.2 Å². The number of imidazole rings is 1. The van der Waals surface area contributed by atoms with Crippen molar-refractivity contribution in [2.45, 2.75) is 25.9 Å². The summed E-state index contributed by atoms with van der Waals surface area (Å²) < 4.78 is 0.494. The van der Waals surface area contributed by atoms with Gasteiger partial charge in [0, 0.05) is 6.54 Å². The van der Waals surface area contributed by atoms with Gasteiger partial charge in [-0.25, -0.2) is 0 Å². The standard InChI is InChI=1S/C16H20N6OS/c1-2-11(9-23)18-15-20-13(12-14(21-15)22-16(24)19-12)17-8-10-6-4-3-5-7-10/h3-7,11,23H,2,8-9H2,1H3,(H4,17,18,19,20,21,22,24). The van der Waals surface area contributed by atoms with Crippen molar-refractivity contribution in [2.24, 2.45) is 0 Å². The van der Waals surface area contributed by atoms with Crippen LogP contribution in [0.15, 0.2) is 30.3 Å². The zero-order valence-electron chi connectivity index (χ0n) is 13.3. The second-order valence-electron chi connectivity index (χ2n) is 5.47. The number of aromatic amines is 2. The maximum atomic E-state index is 9.36. The summed E-state index contributed by atoms with van der Waals surface area (Å²) >= 11 is 5.16. The zero-order valence-corrected chi connectivity index (χ0v) is 14.2. The van der Waals surface area contributed by atoms with Crippen LogP contribution in [0.3, 0.4) is 0 Å². The number of aromatic nitrogens is 4. The maximum Gasteiger partial charge on any atom is 0.227 e. The Morgan fingerprint density at radius 2 is 2.00 bits per heavy atom. The average molecular weight is 344 g/mol. The topological polar surface area (TPSA) is 102 Å². The van der Waals surface area contributed by atoms with E-state index in [4.69, 9.17) is 12.2 Å². The lowest BCUT2D eigenvalue weighted by molar-refractivity contribution is 0.271. The Kier molecular flexibility index (Phi) is 5.07. The van der Waals surface area contributed by atoms with Crippen LogP contribution in [-0.4, -0.2) is 37.7 Å². The fourth-order valence-electron chi connectivity index (χ4n) is 2.36. The van der Waals surface area contributed by atoms with Crippen molar-refractivity contribution in [1.82, 2.24) is 19.9 Å². The molecule has 3 rings (SSSR count). The molecule has 0 saturated carbocycles. The smallest absolute Gasteiger partial charge is 0.227 e. The van der Waals surface area contributed by atoms with E-state index in [1.807, 2.05) is 37.3 Å². The van der Waals surface area contributed by atoms with Gasteiger partial charge in [0.1, 0.15) is 5.52 Å². The highest BCUT2D eigenvalue weighted by molar-refractivity contribution is 7.71. The minimum atomic E-state index is -0.0914. The first-order valence-electron chi connectivity index (χ1n) is 7.84. The number of benzene rings is 1. The summed E-state index contributed by atoms with van der Waals surface area (Å²) in [7, 11) is 0. The van der Waals surface area contributed by atoms with Gasteiger partial charge in [-0.05, 0) is 24.2 Å². The van der Waals surface area contributed by atoms with Gasteiger partial charge in [-0.1, -0.05) is 37.3 Å². The number of anilines is 2. The highest BCUT2D eigenvalue weighted by Gasteiger charge is 2.12. The van der Waals surface area contributed by atoms with E-state index in [1.54, 1.807) is 0 Å². The van der Waals surface area contributed by atoms with Crippen LogP contribution < -0.4 is 10.6 Å². The zero-order chi connectivity index (χ0) is 16.9. The first-order chi connectivity index (χ1) is 11.7. The minimum Gasteiger partial charge on any atom is -0.394 e. The Bertz CT molecular complexity index is 856. The Hall–Kier alpha value is -2.45. The predicted molar refractivity (Wildman–Crippen MR) is 97.6 cm³/mol. The molecule has 126 valence electrons. The molecule has 1 atom stereocenters. The number of nitrogens with one attached hydrogen (secondary N) is 4. The molecule has 3 aromatic rings. The van der Waals surface area contributed by atoms with E-state index in [9.17, 15) is 5.11 Å². The van der Waals surface area contributed by atoms with Crippen molar-refractivity contribution in [3.05, 3.63) is 40.7 Å². The molecule has 24 heavy (non-hydrogen) atoms. The molecule has 0 fully saturated rings. The van der Waals surface area contributed by atoms with Gasteiger partial charge in [0.05, 0.1) is 12.6 Å². The van der Waals surface area contributed by atoms with Gasteiger partial charge in [-0.3, -0.25) is 0 Å². The van der Waals surface area contributed by atoms with Crippen molar-refractivity contribution >= 4 is 35.1 Å². The van der Waals surface area contributed by atoms with Crippen LogP contribution in [0.25, 0.3) is 11.2 Å². The number of aliphatic hydroxyl groups excluding tert-OH is 1. The number of fused-ring (bicyclic) bond motifs is 1. The van der Waals surface area contributed by atoms with E-state index in [-0.39, 0.29) is 12.6 Å². The molecule has 2 aromatic heterocycles. The number of rotatable bonds is 7. The van der Waals surface area contributed by atoms with Gasteiger partial charge < -0.3 is 25.7 Å². The third-order valence-corrected chi connectivity index (χ3v) is 3.93. The van der Waals surface area contributed by atoms with Crippen LogP contribution in [-0.2, 0) is 6.54 Å². The SMILES string of the molecule is CCC(CO)Nc1nc(NCc2ccccc2)c2[nH]c(=S)[nH]c2n1. The summed E-state index contributed by atoms with van der Waals surface area (Å²) in [6, 6.07) is 9.97. The first kappa shape index (κ1) is 16.4. The highest BCUT2D eigenvalue weighted by atomic mass is 32.1. The number of H-pyrrole nitrogens is 2. The highest BCUT2D eigenvalue weighted by Crippen LogP contribution is 2.20. The van der Waals surface area contributed by atoms with Crippen LogP contribution in [0.1, 0.15) is 18.9 Å². The summed E-state index contributed by atoms with van der Waals surface area (Å²) in [5.74, 6) is 1.11. The van der Waals surface area contributed by atoms with Gasteiger partial charge in [-0.2, -0.15) is 9.97 Å². The molecule has 2 heterocycles. The summed E-state index contributed by atoms with van der Waals surface area (Å²) in [5.41, 5.74) is 2.51. The molecule has 0 aliphatic heterocycles. The number of hydrogen-bond donors (Lipinski definition) is 5. The maximum absolute atomic E-state index is 9.36. The monoisotopic (exact) mass is 344 g/mol. The van der Waals surface area contributed by atoms with E-state index in [1.165, 1.54) is 0 Å². The van der Waals surface area contributed by atoms with Crippen molar-refractivity contribution < 1.29 is 5.11 Å².